The SMILES string of the molecule is CO[C@H]1O[C@H](CO)[C@@H](OCc2cn([C@H](Cc3ccc(O)cc3)C(=O)O)nn2)[C@@H](OCc2cn([C@@H](Cc3ccc(O)cc3)C(=O)O)nn2)[C@H]1O. The van der Waals surface area contributed by atoms with Crippen molar-refractivity contribution in [3.05, 3.63) is 83.4 Å². The van der Waals surface area contributed by atoms with E-state index < -0.39 is 61.3 Å². The van der Waals surface area contributed by atoms with E-state index in [9.17, 15) is 40.2 Å². The largest absolute Gasteiger partial charge is 0.508 e. The van der Waals surface area contributed by atoms with Crippen molar-refractivity contribution >= 4 is 11.9 Å². The second-order valence-corrected chi connectivity index (χ2v) is 11.3. The van der Waals surface area contributed by atoms with Gasteiger partial charge in [0.2, 0.25) is 0 Å². The van der Waals surface area contributed by atoms with E-state index in [-0.39, 0.29) is 48.9 Å². The summed E-state index contributed by atoms with van der Waals surface area (Å²) in [5, 5.41) is 75.8. The summed E-state index contributed by atoms with van der Waals surface area (Å²) in [6, 6.07) is 10.0. The molecule has 0 saturated carbocycles. The van der Waals surface area contributed by atoms with Crippen molar-refractivity contribution in [2.24, 2.45) is 0 Å². The van der Waals surface area contributed by atoms with E-state index >= 15 is 0 Å². The first-order valence-electron chi connectivity index (χ1n) is 15.1. The van der Waals surface area contributed by atoms with Crippen LogP contribution in [0.4, 0.5) is 0 Å². The number of aromatic hydroxyl groups is 2. The van der Waals surface area contributed by atoms with Crippen LogP contribution >= 0.6 is 0 Å². The molecule has 3 heterocycles. The molecule has 18 heteroatoms. The molecule has 0 bridgehead atoms. The summed E-state index contributed by atoms with van der Waals surface area (Å²) in [5.41, 5.74) is 1.79. The highest BCUT2D eigenvalue weighted by molar-refractivity contribution is 5.72. The molecular weight excluding hydrogens is 648 g/mol. The number of aliphatic hydroxyl groups is 2. The van der Waals surface area contributed by atoms with Gasteiger partial charge in [0.05, 0.1) is 32.2 Å². The lowest BCUT2D eigenvalue weighted by Crippen LogP contribution is -2.60. The number of hydrogen-bond donors (Lipinski definition) is 6. The molecule has 2 aromatic heterocycles. The number of carboxylic acids is 2. The van der Waals surface area contributed by atoms with Crippen molar-refractivity contribution < 1.29 is 59.2 Å². The quantitative estimate of drug-likeness (QED) is 0.0922. The first-order valence-corrected chi connectivity index (χ1v) is 15.1. The fraction of sp³-hybridized carbons (Fsp3) is 0.419. The minimum Gasteiger partial charge on any atom is -0.508 e. The highest BCUT2D eigenvalue weighted by Crippen LogP contribution is 2.28. The molecule has 4 aromatic rings. The molecule has 0 radical (unpaired) electrons. The molecule has 0 unspecified atom stereocenters. The number of carbonyl (C=O) groups is 2. The molecule has 18 nitrogen and oxygen atoms in total. The highest BCUT2D eigenvalue weighted by Gasteiger charge is 2.47. The van der Waals surface area contributed by atoms with E-state index in [2.05, 4.69) is 20.6 Å². The van der Waals surface area contributed by atoms with Crippen LogP contribution in [-0.4, -0.2) is 117 Å². The van der Waals surface area contributed by atoms with E-state index in [1.54, 1.807) is 24.3 Å². The Morgan fingerprint density at radius 1 is 0.796 bits per heavy atom. The number of hydrogen-bond acceptors (Lipinski definition) is 14. The second kappa shape index (κ2) is 15.9. The van der Waals surface area contributed by atoms with Crippen LogP contribution in [-0.2, 0) is 54.6 Å². The van der Waals surface area contributed by atoms with E-state index in [0.29, 0.717) is 11.1 Å². The lowest BCUT2D eigenvalue weighted by molar-refractivity contribution is -0.311. The Morgan fingerprint density at radius 2 is 1.24 bits per heavy atom. The van der Waals surface area contributed by atoms with Crippen LogP contribution < -0.4 is 0 Å². The first kappa shape index (κ1) is 35.3. The van der Waals surface area contributed by atoms with Gasteiger partial charge in [0.1, 0.15) is 47.3 Å². The summed E-state index contributed by atoms with van der Waals surface area (Å²) in [6.45, 7) is -1.01. The van der Waals surface area contributed by atoms with Crippen LogP contribution in [0.15, 0.2) is 60.9 Å². The van der Waals surface area contributed by atoms with Crippen molar-refractivity contribution in [1.29, 1.82) is 0 Å². The van der Waals surface area contributed by atoms with E-state index in [4.69, 9.17) is 18.9 Å². The minimum absolute atomic E-state index is 0.0488. The van der Waals surface area contributed by atoms with E-state index in [1.165, 1.54) is 53.1 Å². The normalized spacial score (nSPS) is 22.1. The smallest absolute Gasteiger partial charge is 0.328 e. The molecule has 2 aromatic carbocycles. The molecule has 5 rings (SSSR count). The van der Waals surface area contributed by atoms with Crippen LogP contribution in [0.3, 0.4) is 0 Å². The van der Waals surface area contributed by atoms with Gasteiger partial charge in [-0.15, -0.1) is 10.2 Å². The Balaban J connectivity index is 1.27. The van der Waals surface area contributed by atoms with Crippen LogP contribution in [0.5, 0.6) is 11.5 Å². The molecule has 0 aliphatic carbocycles. The third-order valence-electron chi connectivity index (χ3n) is 7.93. The number of rotatable bonds is 16. The van der Waals surface area contributed by atoms with Gasteiger partial charge in [-0.05, 0) is 35.4 Å². The van der Waals surface area contributed by atoms with Crippen molar-refractivity contribution in [1.82, 2.24) is 30.0 Å². The number of carboxylic acid groups (broad SMARTS) is 2. The van der Waals surface area contributed by atoms with Gasteiger partial charge in [-0.25, -0.2) is 19.0 Å². The molecule has 1 fully saturated rings. The zero-order valence-corrected chi connectivity index (χ0v) is 26.2. The van der Waals surface area contributed by atoms with Crippen LogP contribution in [0.2, 0.25) is 0 Å². The maximum Gasteiger partial charge on any atom is 0.328 e. The first-order chi connectivity index (χ1) is 23.6. The molecule has 0 amide bonds. The Hall–Kier alpha value is -4.98. The number of benzene rings is 2. The van der Waals surface area contributed by atoms with E-state index in [0.717, 1.165) is 0 Å². The number of ether oxygens (including phenoxy) is 4. The maximum atomic E-state index is 12.0. The summed E-state index contributed by atoms with van der Waals surface area (Å²) in [4.78, 5) is 24.1. The maximum absolute atomic E-state index is 12.0. The molecule has 0 spiro atoms. The summed E-state index contributed by atoms with van der Waals surface area (Å²) in [5.74, 6) is -2.21. The van der Waals surface area contributed by atoms with E-state index in [1.807, 2.05) is 0 Å². The van der Waals surface area contributed by atoms with Crippen molar-refractivity contribution in [2.45, 2.75) is 68.8 Å². The number of methoxy groups -OCH3 is 1. The van der Waals surface area contributed by atoms with Gasteiger partial charge < -0.3 is 49.6 Å². The van der Waals surface area contributed by atoms with Crippen LogP contribution in [0.25, 0.3) is 0 Å². The standard InChI is InChI=1S/C31H36N6O12/c1-46-31-26(41)28(48-16-20-13-37(35-33-20)24(30(44)45)11-18-4-8-22(40)9-5-18)27(25(14-38)49-31)47-15-19-12-36(34-32-19)23(29(42)43)10-17-2-6-21(39)7-3-17/h2-9,12-13,23-28,31,38-41H,10-11,14-16H2,1H3,(H,42,43)(H,44,45)/t23-,24+,25-,26-,27-,28+,31+/m1/s1. The number of aromatic nitrogens is 6. The number of phenols is 2. The Bertz CT molecular complexity index is 1680. The zero-order chi connectivity index (χ0) is 35.1. The summed E-state index contributed by atoms with van der Waals surface area (Å²) >= 11 is 0. The summed E-state index contributed by atoms with van der Waals surface area (Å²) < 4.78 is 25.3. The average molecular weight is 685 g/mol. The zero-order valence-electron chi connectivity index (χ0n) is 26.2. The number of aliphatic carboxylic acids is 2. The van der Waals surface area contributed by atoms with Gasteiger partial charge in [0.25, 0.3) is 0 Å². The fourth-order valence-electron chi connectivity index (χ4n) is 5.35. The molecule has 7 atom stereocenters. The van der Waals surface area contributed by atoms with Gasteiger partial charge in [0.15, 0.2) is 18.4 Å². The third-order valence-corrected chi connectivity index (χ3v) is 7.93. The lowest BCUT2D eigenvalue weighted by Gasteiger charge is -2.43. The summed E-state index contributed by atoms with van der Waals surface area (Å²) in [6.07, 6.45) is -2.91. The molecule has 262 valence electrons. The van der Waals surface area contributed by atoms with Gasteiger partial charge in [0, 0.05) is 20.0 Å². The molecule has 1 saturated heterocycles. The molecule has 1 aliphatic rings. The average Bonchev–Trinajstić information content (AvgIpc) is 3.76. The monoisotopic (exact) mass is 684 g/mol. The summed E-state index contributed by atoms with van der Waals surface area (Å²) in [7, 11) is 1.31. The predicted molar refractivity (Wildman–Crippen MR) is 163 cm³/mol. The fourth-order valence-corrected chi connectivity index (χ4v) is 5.35. The highest BCUT2D eigenvalue weighted by atomic mass is 16.7. The number of phenolic OH excluding ortho intramolecular Hbond substituents is 2. The molecule has 1 aliphatic heterocycles. The third kappa shape index (κ3) is 8.74. The molecular formula is C31H36N6O12. The van der Waals surface area contributed by atoms with Crippen LogP contribution in [0.1, 0.15) is 34.6 Å². The van der Waals surface area contributed by atoms with Crippen molar-refractivity contribution in [2.75, 3.05) is 13.7 Å². The van der Waals surface area contributed by atoms with Gasteiger partial charge in [-0.2, -0.15) is 0 Å². The Morgan fingerprint density at radius 3 is 1.65 bits per heavy atom. The molecule has 49 heavy (non-hydrogen) atoms. The topological polar surface area (TPSA) is 254 Å². The minimum atomic E-state index is -1.40. The van der Waals surface area contributed by atoms with Crippen molar-refractivity contribution in [3.63, 3.8) is 0 Å². The predicted octanol–water partition coefficient (Wildman–Crippen LogP) is 0.213. The number of aliphatic hydroxyl groups excluding tert-OH is 2. The van der Waals surface area contributed by atoms with Gasteiger partial charge in [-0.3, -0.25) is 0 Å². The number of nitrogens with zero attached hydrogens (tertiary/aromatic N) is 6. The molecule has 6 N–H and O–H groups in total. The Kier molecular flexibility index (Phi) is 11.5. The second-order valence-electron chi connectivity index (χ2n) is 11.3. The van der Waals surface area contributed by atoms with Gasteiger partial charge in [-0.1, -0.05) is 34.7 Å². The van der Waals surface area contributed by atoms with Crippen molar-refractivity contribution in [3.8, 4) is 11.5 Å². The van der Waals surface area contributed by atoms with Gasteiger partial charge >= 0.3 is 11.9 Å². The Labute approximate surface area is 278 Å². The lowest BCUT2D eigenvalue weighted by atomic mass is 9.98. The van der Waals surface area contributed by atoms with Crippen LogP contribution in [0, 0.1) is 0 Å².